The third-order valence-electron chi connectivity index (χ3n) is 2.48. The van der Waals surface area contributed by atoms with E-state index in [1.807, 2.05) is 0 Å². The highest BCUT2D eigenvalue weighted by Gasteiger charge is 2.19. The van der Waals surface area contributed by atoms with E-state index in [9.17, 15) is 8.42 Å². The predicted octanol–water partition coefficient (Wildman–Crippen LogP) is 0.334. The molecule has 8 heteroatoms. The molecular formula is C11H14N4O3S. The second-order valence-corrected chi connectivity index (χ2v) is 5.50. The molecule has 0 aromatic carbocycles. The molecule has 2 aromatic rings. The van der Waals surface area contributed by atoms with Crippen LogP contribution in [0.25, 0.3) is 0 Å². The van der Waals surface area contributed by atoms with Crippen LogP contribution in [-0.4, -0.2) is 37.3 Å². The van der Waals surface area contributed by atoms with Crippen LogP contribution in [0.4, 0.5) is 0 Å². The number of sulfonamides is 1. The normalized spacial score (nSPS) is 11.4. The summed E-state index contributed by atoms with van der Waals surface area (Å²) in [7, 11) is -2.24. The first kappa shape index (κ1) is 13.5. The predicted molar refractivity (Wildman–Crippen MR) is 68.3 cm³/mol. The zero-order valence-electron chi connectivity index (χ0n) is 10.3. The molecule has 2 N–H and O–H groups in total. The van der Waals surface area contributed by atoms with Crippen molar-refractivity contribution in [3.05, 3.63) is 36.3 Å². The molecule has 2 heterocycles. The summed E-state index contributed by atoms with van der Waals surface area (Å²) < 4.78 is 31.6. The molecule has 0 aliphatic carbocycles. The highest BCUT2D eigenvalue weighted by atomic mass is 32.2. The molecule has 0 amide bonds. The number of aromatic nitrogens is 3. The molecule has 0 bridgehead atoms. The van der Waals surface area contributed by atoms with Crippen LogP contribution in [0, 0.1) is 0 Å². The first-order valence-corrected chi connectivity index (χ1v) is 7.08. The summed E-state index contributed by atoms with van der Waals surface area (Å²) in [4.78, 5) is 3.90. The molecule has 0 radical (unpaired) electrons. The lowest BCUT2D eigenvalue weighted by molar-refractivity contribution is 0.384. The van der Waals surface area contributed by atoms with Gasteiger partial charge in [0.05, 0.1) is 13.3 Å². The van der Waals surface area contributed by atoms with E-state index in [1.165, 1.54) is 19.4 Å². The van der Waals surface area contributed by atoms with Crippen molar-refractivity contribution in [3.63, 3.8) is 0 Å². The number of hydrogen-bond acceptors (Lipinski definition) is 5. The summed E-state index contributed by atoms with van der Waals surface area (Å²) in [5.74, 6) is 0.0818. The fraction of sp³-hybridized carbons (Fsp3) is 0.273. The third-order valence-corrected chi connectivity index (χ3v) is 3.95. The molecule has 0 fully saturated rings. The maximum Gasteiger partial charge on any atom is 0.245 e. The lowest BCUT2D eigenvalue weighted by Gasteiger charge is -2.08. The van der Waals surface area contributed by atoms with E-state index >= 15 is 0 Å². The molecule has 0 unspecified atom stereocenters. The number of nitrogens with one attached hydrogen (secondary N) is 2. The van der Waals surface area contributed by atoms with Gasteiger partial charge in [0.25, 0.3) is 0 Å². The van der Waals surface area contributed by atoms with Gasteiger partial charge in [-0.25, -0.2) is 18.1 Å². The average Bonchev–Trinajstić information content (AvgIpc) is 2.91. The van der Waals surface area contributed by atoms with Crippen LogP contribution < -0.4 is 9.46 Å². The monoisotopic (exact) mass is 282 g/mol. The third kappa shape index (κ3) is 3.30. The lowest BCUT2D eigenvalue weighted by Crippen LogP contribution is -2.26. The Morgan fingerprint density at radius 3 is 3.00 bits per heavy atom. The highest BCUT2D eigenvalue weighted by Crippen LogP contribution is 2.19. The van der Waals surface area contributed by atoms with E-state index < -0.39 is 10.0 Å². The van der Waals surface area contributed by atoms with Crippen molar-refractivity contribution in [1.29, 1.82) is 0 Å². The van der Waals surface area contributed by atoms with Crippen LogP contribution in [-0.2, 0) is 16.4 Å². The SMILES string of the molecule is COc1ncccc1S(=O)(=O)NCCc1cn[nH]c1. The van der Waals surface area contributed by atoms with Gasteiger partial charge in [-0.15, -0.1) is 0 Å². The fourth-order valence-corrected chi connectivity index (χ4v) is 2.71. The van der Waals surface area contributed by atoms with E-state index in [-0.39, 0.29) is 17.3 Å². The molecule has 2 aromatic heterocycles. The van der Waals surface area contributed by atoms with Gasteiger partial charge < -0.3 is 4.74 Å². The Balaban J connectivity index is 2.05. The zero-order valence-corrected chi connectivity index (χ0v) is 11.1. The van der Waals surface area contributed by atoms with Gasteiger partial charge in [-0.1, -0.05) is 0 Å². The maximum atomic E-state index is 12.1. The Labute approximate surface area is 111 Å². The fourth-order valence-electron chi connectivity index (χ4n) is 1.56. The van der Waals surface area contributed by atoms with Crippen molar-refractivity contribution in [1.82, 2.24) is 19.9 Å². The van der Waals surface area contributed by atoms with E-state index in [2.05, 4.69) is 19.9 Å². The second kappa shape index (κ2) is 5.81. The van der Waals surface area contributed by atoms with Crippen molar-refractivity contribution in [3.8, 4) is 5.88 Å². The Morgan fingerprint density at radius 2 is 2.32 bits per heavy atom. The molecular weight excluding hydrogens is 268 g/mol. The molecule has 0 atom stereocenters. The number of methoxy groups -OCH3 is 1. The quantitative estimate of drug-likeness (QED) is 0.796. The Bertz CT molecular complexity index is 625. The van der Waals surface area contributed by atoms with E-state index in [1.54, 1.807) is 18.5 Å². The van der Waals surface area contributed by atoms with Gasteiger partial charge in [0.1, 0.15) is 4.90 Å². The molecule has 0 aliphatic rings. The van der Waals surface area contributed by atoms with Gasteiger partial charge in [0, 0.05) is 18.9 Å². The minimum Gasteiger partial charge on any atom is -0.480 e. The van der Waals surface area contributed by atoms with Gasteiger partial charge in [0.2, 0.25) is 15.9 Å². The van der Waals surface area contributed by atoms with Gasteiger partial charge in [-0.05, 0) is 24.1 Å². The molecule has 19 heavy (non-hydrogen) atoms. The first-order valence-electron chi connectivity index (χ1n) is 5.60. The maximum absolute atomic E-state index is 12.1. The molecule has 0 aliphatic heterocycles. The van der Waals surface area contributed by atoms with Crippen molar-refractivity contribution in [2.24, 2.45) is 0 Å². The summed E-state index contributed by atoms with van der Waals surface area (Å²) in [6.45, 7) is 0.278. The Hall–Kier alpha value is -1.93. The zero-order chi connectivity index (χ0) is 13.7. The van der Waals surface area contributed by atoms with Crippen LogP contribution in [0.15, 0.2) is 35.6 Å². The number of ether oxygens (including phenoxy) is 1. The van der Waals surface area contributed by atoms with Crippen LogP contribution >= 0.6 is 0 Å². The van der Waals surface area contributed by atoms with Crippen molar-refractivity contribution in [2.45, 2.75) is 11.3 Å². The second-order valence-electron chi connectivity index (χ2n) is 3.77. The van der Waals surface area contributed by atoms with Crippen LogP contribution in [0.1, 0.15) is 5.56 Å². The highest BCUT2D eigenvalue weighted by molar-refractivity contribution is 7.89. The van der Waals surface area contributed by atoms with E-state index in [0.717, 1.165) is 5.56 Å². The van der Waals surface area contributed by atoms with Gasteiger partial charge in [-0.2, -0.15) is 5.10 Å². The summed E-state index contributed by atoms with van der Waals surface area (Å²) in [6.07, 6.45) is 5.40. The van der Waals surface area contributed by atoms with Crippen LogP contribution in [0.2, 0.25) is 0 Å². The number of nitrogens with zero attached hydrogens (tertiary/aromatic N) is 2. The summed E-state index contributed by atoms with van der Waals surface area (Å²) >= 11 is 0. The van der Waals surface area contributed by atoms with Gasteiger partial charge in [0.15, 0.2) is 0 Å². The van der Waals surface area contributed by atoms with Gasteiger partial charge in [-0.3, -0.25) is 5.10 Å². The van der Waals surface area contributed by atoms with E-state index in [4.69, 9.17) is 4.74 Å². The number of H-pyrrole nitrogens is 1. The molecule has 102 valence electrons. The summed E-state index contributed by atoms with van der Waals surface area (Å²) in [5, 5.41) is 6.46. The van der Waals surface area contributed by atoms with Crippen LogP contribution in [0.3, 0.4) is 0 Å². The average molecular weight is 282 g/mol. The molecule has 0 spiro atoms. The molecule has 0 saturated carbocycles. The molecule has 2 rings (SSSR count). The Kier molecular flexibility index (Phi) is 4.13. The minimum absolute atomic E-state index is 0.0321. The molecule has 7 nitrogen and oxygen atoms in total. The largest absolute Gasteiger partial charge is 0.480 e. The van der Waals surface area contributed by atoms with Crippen LogP contribution in [0.5, 0.6) is 5.88 Å². The van der Waals surface area contributed by atoms with Gasteiger partial charge >= 0.3 is 0 Å². The molecule has 0 saturated heterocycles. The Morgan fingerprint density at radius 1 is 1.47 bits per heavy atom. The number of pyridine rings is 1. The van der Waals surface area contributed by atoms with Crippen molar-refractivity contribution < 1.29 is 13.2 Å². The van der Waals surface area contributed by atoms with Crippen molar-refractivity contribution >= 4 is 10.0 Å². The van der Waals surface area contributed by atoms with E-state index in [0.29, 0.717) is 6.42 Å². The summed E-state index contributed by atoms with van der Waals surface area (Å²) in [5.41, 5.74) is 0.931. The lowest BCUT2D eigenvalue weighted by atomic mass is 10.3. The minimum atomic E-state index is -3.62. The number of aromatic amines is 1. The topological polar surface area (TPSA) is 97.0 Å². The first-order chi connectivity index (χ1) is 9.13. The smallest absolute Gasteiger partial charge is 0.245 e. The standard InChI is InChI=1S/C11H14N4O3S/c1-18-11-10(3-2-5-12-11)19(16,17)15-6-4-9-7-13-14-8-9/h2-3,5,7-8,15H,4,6H2,1H3,(H,13,14). The number of rotatable bonds is 6. The summed E-state index contributed by atoms with van der Waals surface area (Å²) in [6, 6.07) is 3.00. The number of hydrogen-bond donors (Lipinski definition) is 2. The van der Waals surface area contributed by atoms with Crippen molar-refractivity contribution in [2.75, 3.05) is 13.7 Å².